The molecule has 0 unspecified atom stereocenters. The summed E-state index contributed by atoms with van der Waals surface area (Å²) in [5.41, 5.74) is -5.15. The first-order chi connectivity index (χ1) is 50.7. The van der Waals surface area contributed by atoms with Crippen LogP contribution >= 0.6 is 0 Å². The van der Waals surface area contributed by atoms with E-state index in [0.29, 0.717) is 50.7 Å². The van der Waals surface area contributed by atoms with Crippen molar-refractivity contribution >= 4 is 70.9 Å². The molecule has 3 heterocycles. The molecule has 108 heavy (non-hydrogen) atoms. The van der Waals surface area contributed by atoms with Crippen LogP contribution in [0.25, 0.3) is 0 Å². The van der Waals surface area contributed by atoms with Crippen molar-refractivity contribution in [3.05, 3.63) is 82.4 Å². The van der Waals surface area contributed by atoms with Crippen LogP contribution in [0.4, 0.5) is 35.1 Å². The van der Waals surface area contributed by atoms with Crippen molar-refractivity contribution < 1.29 is 92.7 Å². The van der Waals surface area contributed by atoms with Gasteiger partial charge in [0.1, 0.15) is 71.1 Å². The van der Waals surface area contributed by atoms with Gasteiger partial charge in [-0.25, -0.2) is 8.78 Å². The number of halogens is 8. The molecule has 2 aromatic rings. The monoisotopic (exact) mass is 1530 g/mol. The number of rotatable bonds is 11. The molecule has 596 valence electrons. The summed E-state index contributed by atoms with van der Waals surface area (Å²) in [6.45, 7) is 3.16. The van der Waals surface area contributed by atoms with Crippen molar-refractivity contribution in [3.63, 3.8) is 0 Å². The quantitative estimate of drug-likeness (QED) is 0.161. The Kier molecular flexibility index (Phi) is 28.1. The van der Waals surface area contributed by atoms with Gasteiger partial charge in [-0.3, -0.25) is 57.5 Å². The number of likely N-dealkylation sites (N-methyl/N-ethyl adjacent to an activating group) is 7. The molecule has 3 N–H and O–H groups in total. The highest BCUT2D eigenvalue weighted by Gasteiger charge is 2.54. The number of nitrogens with zero attached hydrogens (tertiary/aromatic N) is 9. The molecule has 24 nitrogen and oxygen atoms in total. The Morgan fingerprint density at radius 3 is 1.81 bits per heavy atom. The normalized spacial score (nSPS) is 27.0. The largest absolute Gasteiger partial charge is 0.422 e. The molecule has 8 rings (SSSR count). The second-order valence-corrected chi connectivity index (χ2v) is 30.7. The number of hydrogen-bond acceptors (Lipinski definition) is 12. The number of aryl methyl sites for hydroxylation is 1. The summed E-state index contributed by atoms with van der Waals surface area (Å²) in [6, 6.07) is -6.93. The van der Waals surface area contributed by atoms with E-state index in [4.69, 9.17) is 0 Å². The first-order valence-corrected chi connectivity index (χ1v) is 37.4. The third kappa shape index (κ3) is 19.6. The molecule has 0 radical (unpaired) electrons. The Hall–Kier alpha value is -8.74. The summed E-state index contributed by atoms with van der Waals surface area (Å²) in [5, 5.41) is 8.38. The molecule has 2 aromatic carbocycles. The lowest BCUT2D eigenvalue weighted by molar-refractivity contribution is -0.158. The maximum atomic E-state index is 15.5. The number of hydrogen-bond donors (Lipinski definition) is 3. The smallest absolute Gasteiger partial charge is 0.347 e. The number of nitrogens with one attached hydrogen (secondary N) is 3. The van der Waals surface area contributed by atoms with E-state index < -0.39 is 216 Å². The first kappa shape index (κ1) is 84.9. The topological polar surface area (TPSA) is 270 Å². The van der Waals surface area contributed by atoms with Crippen molar-refractivity contribution in [2.75, 3.05) is 82.6 Å². The minimum Gasteiger partial charge on any atom is -0.347 e. The molecule has 0 aromatic heterocycles. The number of fused-ring (bicyclic) bond motifs is 3. The second kappa shape index (κ2) is 35.7. The van der Waals surface area contributed by atoms with E-state index in [1.807, 2.05) is 0 Å². The molecule has 3 saturated carbocycles. The van der Waals surface area contributed by atoms with Gasteiger partial charge in [0.25, 0.3) is 0 Å². The van der Waals surface area contributed by atoms with E-state index in [-0.39, 0.29) is 68.7 Å². The van der Waals surface area contributed by atoms with Gasteiger partial charge in [0.15, 0.2) is 0 Å². The van der Waals surface area contributed by atoms with Gasteiger partial charge in [0.05, 0.1) is 25.1 Å². The summed E-state index contributed by atoms with van der Waals surface area (Å²) in [4.78, 5) is 191. The standard InChI is InChI=1S/C76H104F8N12O12/c1-12-44(2)62-71(106)90(7)43-60(99)91(8)54-25-14-13-19-35-95(70(54)105)57(40-47-26-29-50(30-27-47)75(79,80)81)69(104)89(6)42-58(97)85-53(31-28-48-37-51(77)61(52(78)38-48)76(82,83)84)67(102)96-36-32-45(3)63(96)66(101)87-74(33-20-34-74)73(108)94(11)64(49-23-17-18-24-49)72(107)93(10)56(68(103)88(4)5)41-59(98)92(9)55(65(100)86-62)39-46-21-15-16-22-46/h13-14,26-27,29-30,37-38,44-46,49,53-57,62-64H,12,15-25,28,31-36,39-43H2,1-11H3,(H,85,97)(H,86,100)(H,87,101)/b14-13-/t44-,45-,53-,54-,55-,56-,57-,62-,63-,64-/m0/s1. The molecular weight excluding hydrogens is 1420 g/mol. The summed E-state index contributed by atoms with van der Waals surface area (Å²) in [6.07, 6.45) is -2.55. The van der Waals surface area contributed by atoms with Crippen LogP contribution in [0.2, 0.25) is 0 Å². The van der Waals surface area contributed by atoms with E-state index in [1.54, 1.807) is 32.9 Å². The van der Waals surface area contributed by atoms with Crippen LogP contribution in [0.15, 0.2) is 48.6 Å². The van der Waals surface area contributed by atoms with Crippen molar-refractivity contribution in [1.29, 1.82) is 0 Å². The SMILES string of the molecule is CC[C@H](C)[C@@H]1NC(=O)[C@H](CC2CCCC2)N(C)C(=O)C[C@@H](C(=O)N(C)C)N(C)C(=O)[C@H](C2CCCC2)N(C)C(=O)C2(CCC2)NC(=O)[C@@H]2[C@@H](C)CCN2C(=O)[C@H](CCc2cc(F)c(C(F)(F)F)c(F)c2)NC(=O)CN(C)C(=O)[C@H](Cc2ccc(C(F)(F)F)cc2)N2CC/C=C\C[C@@H](C2=O)N(C)C(=O)CN(C)C1=O. The lowest BCUT2D eigenvalue weighted by Crippen LogP contribution is -2.68. The molecule has 2 saturated heterocycles. The highest BCUT2D eigenvalue weighted by Crippen LogP contribution is 2.40. The second-order valence-electron chi connectivity index (χ2n) is 30.7. The molecule has 1 spiro atoms. The molecule has 6 aliphatic rings. The Balaban J connectivity index is 1.22. The molecular formula is C76H104F8N12O12. The summed E-state index contributed by atoms with van der Waals surface area (Å²) >= 11 is 0. The summed E-state index contributed by atoms with van der Waals surface area (Å²) in [7, 11) is 10.9. The molecule has 5 fully saturated rings. The maximum Gasteiger partial charge on any atom is 0.422 e. The van der Waals surface area contributed by atoms with Crippen LogP contribution in [0.1, 0.15) is 159 Å². The van der Waals surface area contributed by atoms with Crippen LogP contribution in [-0.2, 0) is 82.7 Å². The van der Waals surface area contributed by atoms with E-state index >= 15 is 47.1 Å². The fourth-order valence-corrected chi connectivity index (χ4v) is 16.1. The predicted molar refractivity (Wildman–Crippen MR) is 379 cm³/mol. The molecule has 3 aliphatic carbocycles. The third-order valence-electron chi connectivity index (χ3n) is 23.1. The average Bonchev–Trinajstić information content (AvgIpc) is 1.16. The fraction of sp³-hybridized carbons (Fsp3) is 0.658. The third-order valence-corrected chi connectivity index (χ3v) is 23.1. The predicted octanol–water partition coefficient (Wildman–Crippen LogP) is 6.50. The lowest BCUT2D eigenvalue weighted by Gasteiger charge is -2.47. The minimum atomic E-state index is -5.45. The van der Waals surface area contributed by atoms with Gasteiger partial charge in [-0.1, -0.05) is 90.0 Å². The highest BCUT2D eigenvalue weighted by molar-refractivity contribution is 6.01. The zero-order chi connectivity index (χ0) is 79.8. The molecule has 32 heteroatoms. The Bertz CT molecular complexity index is 3670. The van der Waals surface area contributed by atoms with Gasteiger partial charge < -0.3 is 60.0 Å². The zero-order valence-corrected chi connectivity index (χ0v) is 63.5. The summed E-state index contributed by atoms with van der Waals surface area (Å²) in [5.74, 6) is -15.4. The van der Waals surface area contributed by atoms with Crippen LogP contribution in [0.5, 0.6) is 0 Å². The van der Waals surface area contributed by atoms with Gasteiger partial charge >= 0.3 is 12.4 Å². The molecule has 12 amide bonds. The van der Waals surface area contributed by atoms with Crippen LogP contribution < -0.4 is 16.0 Å². The Morgan fingerprint density at radius 2 is 1.24 bits per heavy atom. The zero-order valence-electron chi connectivity index (χ0n) is 63.5. The van der Waals surface area contributed by atoms with Crippen LogP contribution in [0.3, 0.4) is 0 Å². The van der Waals surface area contributed by atoms with Crippen molar-refractivity contribution in [3.8, 4) is 0 Å². The minimum absolute atomic E-state index is 0.0370. The highest BCUT2D eigenvalue weighted by atomic mass is 19.4. The Labute approximate surface area is 625 Å². The molecule has 2 bridgehead atoms. The molecule has 10 atom stereocenters. The molecule has 3 aliphatic heterocycles. The fourth-order valence-electron chi connectivity index (χ4n) is 16.1. The van der Waals surface area contributed by atoms with Gasteiger partial charge in [-0.2, -0.15) is 26.3 Å². The van der Waals surface area contributed by atoms with Crippen molar-refractivity contribution in [2.24, 2.45) is 23.7 Å². The number of amides is 12. The van der Waals surface area contributed by atoms with Gasteiger partial charge in [0.2, 0.25) is 70.9 Å². The van der Waals surface area contributed by atoms with Crippen molar-refractivity contribution in [2.45, 2.75) is 215 Å². The average molecular weight is 1530 g/mol. The maximum absolute atomic E-state index is 15.5. The van der Waals surface area contributed by atoms with E-state index in [9.17, 15) is 45.5 Å². The number of benzene rings is 2. The van der Waals surface area contributed by atoms with E-state index in [0.717, 1.165) is 86.4 Å². The number of carbonyl (C=O) groups excluding carboxylic acids is 12. The lowest BCUT2D eigenvalue weighted by atomic mass is 9.74. The van der Waals surface area contributed by atoms with E-state index in [2.05, 4.69) is 16.0 Å². The van der Waals surface area contributed by atoms with Crippen LogP contribution in [0, 0.1) is 35.3 Å². The Morgan fingerprint density at radius 1 is 0.630 bits per heavy atom. The number of carbonyl (C=O) groups is 12. The first-order valence-electron chi connectivity index (χ1n) is 37.4. The van der Waals surface area contributed by atoms with E-state index in [1.165, 1.54) is 64.0 Å². The van der Waals surface area contributed by atoms with Crippen molar-refractivity contribution in [1.82, 2.24) is 60.0 Å². The van der Waals surface area contributed by atoms with Gasteiger partial charge in [0, 0.05) is 75.9 Å². The van der Waals surface area contributed by atoms with Gasteiger partial charge in [-0.15, -0.1) is 0 Å². The number of alkyl halides is 6. The summed E-state index contributed by atoms with van der Waals surface area (Å²) < 4.78 is 114. The van der Waals surface area contributed by atoms with Crippen LogP contribution in [-0.4, -0.2) is 251 Å². The van der Waals surface area contributed by atoms with Gasteiger partial charge in [-0.05, 0) is 130 Å².